The molecule has 4 heteroatoms. The first kappa shape index (κ1) is 15.0. The van der Waals surface area contributed by atoms with E-state index in [2.05, 4.69) is 66.5 Å². The highest BCUT2D eigenvalue weighted by Gasteiger charge is 2.43. The molecule has 0 aliphatic carbocycles. The Morgan fingerprint density at radius 2 is 2.16 bits per heavy atom. The Kier molecular flexibility index (Phi) is 4.39. The predicted molar refractivity (Wildman–Crippen MR) is 84.3 cm³/mol. The molecule has 0 bridgehead atoms. The third kappa shape index (κ3) is 3.39. The minimum Gasteiger partial charge on any atom is -0.309 e. The maximum atomic E-state index is 9.59. The summed E-state index contributed by atoms with van der Waals surface area (Å²) in [6.07, 6.45) is 1.04. The second-order valence-electron chi connectivity index (χ2n) is 6.67. The topological polar surface area (TPSA) is 35.8 Å². The van der Waals surface area contributed by atoms with Gasteiger partial charge in [-0.15, -0.1) is 11.3 Å². The fraction of sp³-hybridized carbons (Fsp3) is 0.667. The highest BCUT2D eigenvalue weighted by atomic mass is 79.9. The normalized spacial score (nSPS) is 31.4. The number of hydrogen-bond donors (Lipinski definition) is 1. The lowest BCUT2D eigenvalue weighted by Crippen LogP contribution is -2.33. The van der Waals surface area contributed by atoms with Gasteiger partial charge >= 0.3 is 0 Å². The summed E-state index contributed by atoms with van der Waals surface area (Å²) < 4.78 is 1.12. The van der Waals surface area contributed by atoms with Crippen LogP contribution in [-0.2, 0) is 0 Å². The molecule has 2 heterocycles. The quantitative estimate of drug-likeness (QED) is 0.858. The van der Waals surface area contributed by atoms with E-state index in [-0.39, 0.29) is 11.3 Å². The van der Waals surface area contributed by atoms with Gasteiger partial charge in [-0.05, 0) is 40.8 Å². The van der Waals surface area contributed by atoms with Crippen LogP contribution in [0.1, 0.15) is 44.9 Å². The summed E-state index contributed by atoms with van der Waals surface area (Å²) in [5.74, 6) is 0.383. The van der Waals surface area contributed by atoms with E-state index in [4.69, 9.17) is 0 Å². The Hall–Kier alpha value is -0.370. The van der Waals surface area contributed by atoms with Crippen LogP contribution in [0.4, 0.5) is 0 Å². The molecule has 4 atom stereocenters. The average Bonchev–Trinajstić information content (AvgIpc) is 2.80. The Morgan fingerprint density at radius 3 is 2.63 bits per heavy atom. The summed E-state index contributed by atoms with van der Waals surface area (Å²) >= 11 is 5.26. The third-order valence-corrected chi connectivity index (χ3v) is 5.53. The fourth-order valence-electron chi connectivity index (χ4n) is 3.05. The molecule has 0 radical (unpaired) electrons. The van der Waals surface area contributed by atoms with Crippen molar-refractivity contribution in [3.8, 4) is 6.07 Å². The van der Waals surface area contributed by atoms with E-state index in [1.54, 1.807) is 11.3 Å². The molecular formula is C15H21BrN2S. The molecule has 0 saturated carbocycles. The largest absolute Gasteiger partial charge is 0.309 e. The monoisotopic (exact) mass is 340 g/mol. The predicted octanol–water partition coefficient (Wildman–Crippen LogP) is 4.53. The first-order valence-electron chi connectivity index (χ1n) is 6.71. The zero-order valence-electron chi connectivity index (χ0n) is 11.9. The lowest BCUT2D eigenvalue weighted by atomic mass is 9.80. The summed E-state index contributed by atoms with van der Waals surface area (Å²) in [7, 11) is 0. The van der Waals surface area contributed by atoms with Gasteiger partial charge in [-0.2, -0.15) is 5.26 Å². The minimum atomic E-state index is 0.0692. The molecular weight excluding hydrogens is 320 g/mol. The van der Waals surface area contributed by atoms with Crippen LogP contribution in [0.2, 0.25) is 0 Å². The van der Waals surface area contributed by atoms with Crippen molar-refractivity contribution in [1.29, 1.82) is 5.26 Å². The number of rotatable bonds is 2. The molecule has 1 aromatic rings. The molecule has 104 valence electrons. The van der Waals surface area contributed by atoms with Gasteiger partial charge < -0.3 is 5.32 Å². The highest BCUT2D eigenvalue weighted by Crippen LogP contribution is 2.42. The van der Waals surface area contributed by atoms with Gasteiger partial charge in [-0.1, -0.05) is 20.8 Å². The van der Waals surface area contributed by atoms with E-state index in [9.17, 15) is 5.26 Å². The van der Waals surface area contributed by atoms with Crippen LogP contribution in [0.25, 0.3) is 0 Å². The maximum absolute atomic E-state index is 9.59. The van der Waals surface area contributed by atoms with E-state index in [1.807, 2.05) is 0 Å². The van der Waals surface area contributed by atoms with Crippen LogP contribution in [0.3, 0.4) is 0 Å². The van der Waals surface area contributed by atoms with Crippen molar-refractivity contribution in [3.05, 3.63) is 20.8 Å². The lowest BCUT2D eigenvalue weighted by Gasteiger charge is -2.25. The molecule has 0 spiro atoms. The summed E-state index contributed by atoms with van der Waals surface area (Å²) in [6, 6.07) is 5.38. The van der Waals surface area contributed by atoms with Crippen LogP contribution in [0.5, 0.6) is 0 Å². The maximum Gasteiger partial charge on any atom is 0.0708 e. The highest BCUT2D eigenvalue weighted by molar-refractivity contribution is 9.10. The number of halogens is 1. The van der Waals surface area contributed by atoms with E-state index in [1.165, 1.54) is 4.88 Å². The van der Waals surface area contributed by atoms with Crippen molar-refractivity contribution in [1.82, 2.24) is 5.32 Å². The Balaban J connectivity index is 2.23. The number of thiophene rings is 1. The van der Waals surface area contributed by atoms with Crippen molar-refractivity contribution in [2.75, 3.05) is 0 Å². The second-order valence-corrected chi connectivity index (χ2v) is 8.53. The van der Waals surface area contributed by atoms with Gasteiger partial charge in [0.2, 0.25) is 0 Å². The molecule has 0 amide bonds. The van der Waals surface area contributed by atoms with E-state index in [0.29, 0.717) is 18.0 Å². The lowest BCUT2D eigenvalue weighted by molar-refractivity contribution is 0.303. The molecule has 1 N–H and O–H groups in total. The van der Waals surface area contributed by atoms with Crippen molar-refractivity contribution in [3.63, 3.8) is 0 Å². The molecule has 1 aliphatic heterocycles. The van der Waals surface area contributed by atoms with Crippen LogP contribution < -0.4 is 5.32 Å². The van der Waals surface area contributed by atoms with Crippen molar-refractivity contribution >= 4 is 27.3 Å². The van der Waals surface area contributed by atoms with Crippen LogP contribution in [-0.4, -0.2) is 12.1 Å². The van der Waals surface area contributed by atoms with E-state index in [0.717, 1.165) is 10.9 Å². The summed E-state index contributed by atoms with van der Waals surface area (Å²) in [5.41, 5.74) is 0.247. The van der Waals surface area contributed by atoms with Crippen molar-refractivity contribution < 1.29 is 0 Å². The van der Waals surface area contributed by atoms with Gasteiger partial charge in [0.25, 0.3) is 0 Å². The minimum absolute atomic E-state index is 0.0692. The zero-order valence-corrected chi connectivity index (χ0v) is 14.3. The second kappa shape index (κ2) is 5.55. The standard InChI is InChI=1S/C15H21BrN2S/c1-9-14(13-5-10(16)8-19-13)11(7-17)12(18-9)6-15(2,3)4/h5,8-9,11-12,14,18H,6H2,1-4H3. The van der Waals surface area contributed by atoms with Crippen molar-refractivity contribution in [2.45, 2.75) is 52.1 Å². The van der Waals surface area contributed by atoms with Gasteiger partial charge in [0.1, 0.15) is 0 Å². The Bertz CT molecular complexity index is 483. The first-order chi connectivity index (χ1) is 8.81. The number of hydrogen-bond acceptors (Lipinski definition) is 3. The molecule has 0 aromatic carbocycles. The SMILES string of the molecule is CC1NC(CC(C)(C)C)C(C#N)C1c1cc(Br)cs1. The fourth-order valence-corrected chi connectivity index (χ4v) is 4.75. The average molecular weight is 341 g/mol. The Morgan fingerprint density at radius 1 is 1.47 bits per heavy atom. The molecule has 2 nitrogen and oxygen atoms in total. The van der Waals surface area contributed by atoms with Gasteiger partial charge in [0, 0.05) is 32.7 Å². The van der Waals surface area contributed by atoms with Crippen LogP contribution >= 0.6 is 27.3 Å². The van der Waals surface area contributed by atoms with E-state index >= 15 is 0 Å². The molecule has 1 aliphatic rings. The van der Waals surface area contributed by atoms with Crippen LogP contribution in [0, 0.1) is 22.7 Å². The zero-order chi connectivity index (χ0) is 14.2. The van der Waals surface area contributed by atoms with Gasteiger partial charge in [0.05, 0.1) is 12.0 Å². The number of nitriles is 1. The third-order valence-electron chi connectivity index (χ3n) is 3.73. The molecule has 1 fully saturated rings. The van der Waals surface area contributed by atoms with Crippen molar-refractivity contribution in [2.24, 2.45) is 11.3 Å². The van der Waals surface area contributed by atoms with Gasteiger partial charge in [0.15, 0.2) is 0 Å². The molecule has 4 unspecified atom stereocenters. The molecule has 2 rings (SSSR count). The first-order valence-corrected chi connectivity index (χ1v) is 8.38. The molecule has 1 aromatic heterocycles. The smallest absolute Gasteiger partial charge is 0.0708 e. The molecule has 19 heavy (non-hydrogen) atoms. The van der Waals surface area contributed by atoms with Crippen LogP contribution in [0.15, 0.2) is 15.9 Å². The summed E-state index contributed by atoms with van der Waals surface area (Å²) in [4.78, 5) is 1.31. The Labute approximate surface area is 128 Å². The summed E-state index contributed by atoms with van der Waals surface area (Å²) in [6.45, 7) is 8.92. The van der Waals surface area contributed by atoms with E-state index < -0.39 is 0 Å². The summed E-state index contributed by atoms with van der Waals surface area (Å²) in [5, 5.41) is 15.3. The molecule has 1 saturated heterocycles. The van der Waals surface area contributed by atoms with Gasteiger partial charge in [-0.25, -0.2) is 0 Å². The van der Waals surface area contributed by atoms with Gasteiger partial charge in [-0.3, -0.25) is 0 Å². The number of nitrogens with one attached hydrogen (secondary N) is 1. The number of nitrogens with zero attached hydrogens (tertiary/aromatic N) is 1.